The van der Waals surface area contributed by atoms with Crippen molar-refractivity contribution in [3.63, 3.8) is 0 Å². The minimum atomic E-state index is 0.672. The molecule has 0 atom stereocenters. The van der Waals surface area contributed by atoms with Crippen molar-refractivity contribution in [2.75, 3.05) is 0 Å². The molecule has 2 aliphatic rings. The van der Waals surface area contributed by atoms with Crippen LogP contribution in [0.15, 0.2) is 4.99 Å². The van der Waals surface area contributed by atoms with Gasteiger partial charge in [0.25, 0.3) is 0 Å². The topological polar surface area (TPSA) is 24.4 Å². The molecule has 0 bridgehead atoms. The largest absolute Gasteiger partial charge is 0.371 e. The van der Waals surface area contributed by atoms with Crippen molar-refractivity contribution in [1.82, 2.24) is 5.32 Å². The first-order chi connectivity index (χ1) is 4.84. The van der Waals surface area contributed by atoms with E-state index in [9.17, 15) is 0 Å². The van der Waals surface area contributed by atoms with Gasteiger partial charge in [-0.3, -0.25) is 4.99 Å². The van der Waals surface area contributed by atoms with E-state index in [1.165, 1.54) is 25.7 Å². The van der Waals surface area contributed by atoms with E-state index in [0.29, 0.717) is 6.04 Å². The van der Waals surface area contributed by atoms with Gasteiger partial charge in [-0.15, -0.1) is 0 Å². The van der Waals surface area contributed by atoms with Gasteiger partial charge in [-0.1, -0.05) is 0 Å². The monoisotopic (exact) mass is 138 g/mol. The summed E-state index contributed by atoms with van der Waals surface area (Å²) in [5.41, 5.74) is 0. The lowest BCUT2D eigenvalue weighted by Gasteiger charge is -2.01. The predicted molar refractivity (Wildman–Crippen MR) is 42.3 cm³/mol. The highest BCUT2D eigenvalue weighted by Gasteiger charge is 2.23. The van der Waals surface area contributed by atoms with Crippen molar-refractivity contribution in [3.8, 4) is 0 Å². The zero-order chi connectivity index (χ0) is 6.97. The number of amidine groups is 1. The molecule has 0 radical (unpaired) electrons. The van der Waals surface area contributed by atoms with Gasteiger partial charge in [-0.25, -0.2) is 0 Å². The Morgan fingerprint density at radius 2 is 2.00 bits per heavy atom. The van der Waals surface area contributed by atoms with E-state index in [0.717, 1.165) is 11.9 Å². The van der Waals surface area contributed by atoms with Gasteiger partial charge in [-0.05, 0) is 32.6 Å². The minimum absolute atomic E-state index is 0.672. The van der Waals surface area contributed by atoms with Gasteiger partial charge >= 0.3 is 0 Å². The molecule has 10 heavy (non-hydrogen) atoms. The average Bonchev–Trinajstić information content (AvgIpc) is 2.59. The first kappa shape index (κ1) is 6.20. The van der Waals surface area contributed by atoms with Crippen molar-refractivity contribution in [2.45, 2.75) is 44.7 Å². The lowest BCUT2D eigenvalue weighted by Crippen LogP contribution is -2.22. The van der Waals surface area contributed by atoms with Crippen molar-refractivity contribution < 1.29 is 0 Å². The summed E-state index contributed by atoms with van der Waals surface area (Å²) in [4.78, 5) is 4.47. The molecule has 1 N–H and O–H groups in total. The summed E-state index contributed by atoms with van der Waals surface area (Å²) < 4.78 is 0. The maximum atomic E-state index is 4.47. The molecule has 2 fully saturated rings. The summed E-state index contributed by atoms with van der Waals surface area (Å²) >= 11 is 0. The van der Waals surface area contributed by atoms with E-state index in [1.807, 2.05) is 0 Å². The highest BCUT2D eigenvalue weighted by atomic mass is 15.1. The van der Waals surface area contributed by atoms with Crippen molar-refractivity contribution in [1.29, 1.82) is 0 Å². The number of nitrogens with zero attached hydrogens (tertiary/aromatic N) is 1. The second kappa shape index (κ2) is 2.26. The maximum absolute atomic E-state index is 4.47. The van der Waals surface area contributed by atoms with E-state index < -0.39 is 0 Å². The minimum Gasteiger partial charge on any atom is -0.371 e. The number of nitrogens with one attached hydrogen (secondary N) is 1. The Morgan fingerprint density at radius 1 is 1.30 bits per heavy atom. The molecule has 2 saturated carbocycles. The smallest absolute Gasteiger partial charge is 0.0937 e. The van der Waals surface area contributed by atoms with E-state index in [1.54, 1.807) is 0 Å². The third-order valence-corrected chi connectivity index (χ3v) is 1.91. The van der Waals surface area contributed by atoms with Crippen LogP contribution in [0.2, 0.25) is 0 Å². The van der Waals surface area contributed by atoms with E-state index in [4.69, 9.17) is 0 Å². The third-order valence-electron chi connectivity index (χ3n) is 1.91. The first-order valence-electron chi connectivity index (χ1n) is 4.15. The third kappa shape index (κ3) is 1.72. The molecule has 0 spiro atoms. The Kier molecular flexibility index (Phi) is 1.40. The Morgan fingerprint density at radius 3 is 2.50 bits per heavy atom. The molecule has 0 saturated heterocycles. The SMILES string of the molecule is CC(=NC1CC1)NC1CC1. The standard InChI is InChI=1S/C8H14N2/c1-6(9-7-2-3-7)10-8-4-5-8/h7-8H,2-5H2,1H3,(H,9,10). The second-order valence-electron chi connectivity index (χ2n) is 3.36. The van der Waals surface area contributed by atoms with E-state index >= 15 is 0 Å². The number of rotatable bonds is 2. The van der Waals surface area contributed by atoms with Crippen LogP contribution in [0.1, 0.15) is 32.6 Å². The van der Waals surface area contributed by atoms with Crippen molar-refractivity contribution >= 4 is 5.84 Å². The molecule has 0 unspecified atom stereocenters. The highest BCUT2D eigenvalue weighted by molar-refractivity contribution is 5.80. The van der Waals surface area contributed by atoms with Gasteiger partial charge in [0, 0.05) is 6.04 Å². The first-order valence-corrected chi connectivity index (χ1v) is 4.15. The van der Waals surface area contributed by atoms with Crippen LogP contribution < -0.4 is 5.32 Å². The summed E-state index contributed by atoms with van der Waals surface area (Å²) in [6.07, 6.45) is 5.31. The molecule has 0 heterocycles. The van der Waals surface area contributed by atoms with Crippen LogP contribution in [-0.2, 0) is 0 Å². The Labute approximate surface area is 61.7 Å². The molecule has 0 aromatic rings. The predicted octanol–water partition coefficient (Wildman–Crippen LogP) is 1.32. The summed E-state index contributed by atoms with van der Waals surface area (Å²) in [5, 5.41) is 3.38. The Balaban J connectivity index is 1.77. The molecule has 56 valence electrons. The molecule has 2 rings (SSSR count). The average molecular weight is 138 g/mol. The number of aliphatic imine (C=N–C) groups is 1. The number of hydrogen-bond donors (Lipinski definition) is 1. The Bertz CT molecular complexity index is 155. The lowest BCUT2D eigenvalue weighted by atomic mass is 10.5. The van der Waals surface area contributed by atoms with Crippen LogP contribution in [0, 0.1) is 0 Å². The van der Waals surface area contributed by atoms with Crippen LogP contribution >= 0.6 is 0 Å². The van der Waals surface area contributed by atoms with Gasteiger partial charge < -0.3 is 5.32 Å². The van der Waals surface area contributed by atoms with Crippen LogP contribution in [-0.4, -0.2) is 17.9 Å². The molecular weight excluding hydrogens is 124 g/mol. The van der Waals surface area contributed by atoms with Crippen molar-refractivity contribution in [2.24, 2.45) is 4.99 Å². The molecular formula is C8H14N2. The fourth-order valence-corrected chi connectivity index (χ4v) is 1.04. The maximum Gasteiger partial charge on any atom is 0.0937 e. The molecule has 0 aromatic heterocycles. The van der Waals surface area contributed by atoms with Crippen LogP contribution in [0.25, 0.3) is 0 Å². The highest BCUT2D eigenvalue weighted by Crippen LogP contribution is 2.24. The van der Waals surface area contributed by atoms with Crippen LogP contribution in [0.3, 0.4) is 0 Å². The van der Waals surface area contributed by atoms with Gasteiger partial charge in [-0.2, -0.15) is 0 Å². The van der Waals surface area contributed by atoms with Crippen molar-refractivity contribution in [3.05, 3.63) is 0 Å². The molecule has 2 aliphatic carbocycles. The summed E-state index contributed by atoms with van der Waals surface area (Å²) in [5.74, 6) is 1.16. The lowest BCUT2D eigenvalue weighted by molar-refractivity contribution is 0.883. The van der Waals surface area contributed by atoms with Crippen LogP contribution in [0.5, 0.6) is 0 Å². The summed E-state index contributed by atoms with van der Waals surface area (Å²) in [6.45, 7) is 2.08. The second-order valence-corrected chi connectivity index (χ2v) is 3.36. The molecule has 2 heteroatoms. The zero-order valence-electron chi connectivity index (χ0n) is 6.43. The molecule has 0 amide bonds. The van der Waals surface area contributed by atoms with Gasteiger partial charge in [0.05, 0.1) is 11.9 Å². The summed E-state index contributed by atoms with van der Waals surface area (Å²) in [6, 6.07) is 1.44. The molecule has 2 nitrogen and oxygen atoms in total. The fraction of sp³-hybridized carbons (Fsp3) is 0.875. The van der Waals surface area contributed by atoms with Gasteiger partial charge in [0.1, 0.15) is 0 Å². The zero-order valence-corrected chi connectivity index (χ0v) is 6.43. The normalized spacial score (nSPS) is 26.7. The summed E-state index contributed by atoms with van der Waals surface area (Å²) in [7, 11) is 0. The van der Waals surface area contributed by atoms with E-state index in [2.05, 4.69) is 17.2 Å². The molecule has 0 aromatic carbocycles. The number of hydrogen-bond acceptors (Lipinski definition) is 1. The Hall–Kier alpha value is -0.530. The fourth-order valence-electron chi connectivity index (χ4n) is 1.04. The van der Waals surface area contributed by atoms with E-state index in [-0.39, 0.29) is 0 Å². The van der Waals surface area contributed by atoms with Crippen LogP contribution in [0.4, 0.5) is 0 Å². The molecule has 0 aliphatic heterocycles. The quantitative estimate of drug-likeness (QED) is 0.451. The van der Waals surface area contributed by atoms with Gasteiger partial charge in [0.15, 0.2) is 0 Å². The van der Waals surface area contributed by atoms with Gasteiger partial charge in [0.2, 0.25) is 0 Å².